The molecule has 0 N–H and O–H groups in total. The maximum Gasteiger partial charge on any atom is 0.121 e. The molecule has 0 unspecified atom stereocenters. The van der Waals surface area contributed by atoms with Crippen LogP contribution in [0.25, 0.3) is 0 Å². The molecular formula is C13H23FSi2. The second kappa shape index (κ2) is 4.11. The van der Waals surface area contributed by atoms with Crippen molar-refractivity contribution in [2.75, 3.05) is 0 Å². The molecule has 0 bridgehead atoms. The van der Waals surface area contributed by atoms with Crippen LogP contribution in [0.1, 0.15) is 5.56 Å². The lowest BCUT2D eigenvalue weighted by molar-refractivity contribution is 0.642. The highest BCUT2D eigenvalue weighted by Crippen LogP contribution is 2.11. The minimum absolute atomic E-state index is 0.0870. The zero-order chi connectivity index (χ0) is 12.7. The molecule has 0 saturated carbocycles. The van der Waals surface area contributed by atoms with E-state index in [1.54, 1.807) is 0 Å². The number of hydrogen-bond donors (Lipinski definition) is 0. The Hall–Kier alpha value is -0.416. The predicted molar refractivity (Wildman–Crippen MR) is 77.1 cm³/mol. The van der Waals surface area contributed by atoms with Crippen molar-refractivity contribution in [3.8, 4) is 0 Å². The first-order valence-electron chi connectivity index (χ1n) is 5.84. The average Bonchev–Trinajstić information content (AvgIpc) is 2.04. The topological polar surface area (TPSA) is 0 Å². The van der Waals surface area contributed by atoms with Gasteiger partial charge in [0.05, 0.1) is 16.1 Å². The monoisotopic (exact) mass is 254 g/mol. The minimum atomic E-state index is -1.57. The van der Waals surface area contributed by atoms with Crippen LogP contribution in [0.15, 0.2) is 12.1 Å². The van der Waals surface area contributed by atoms with Gasteiger partial charge in [0, 0.05) is 0 Å². The summed E-state index contributed by atoms with van der Waals surface area (Å²) in [6.45, 7) is 15.3. The lowest BCUT2D eigenvalue weighted by Gasteiger charge is -2.25. The molecule has 0 aliphatic rings. The number of rotatable bonds is 2. The summed E-state index contributed by atoms with van der Waals surface area (Å²) < 4.78 is 14.5. The summed E-state index contributed by atoms with van der Waals surface area (Å²) in [5, 5.41) is 1.98. The van der Waals surface area contributed by atoms with Gasteiger partial charge in [-0.1, -0.05) is 57.0 Å². The first-order valence-corrected chi connectivity index (χ1v) is 12.8. The van der Waals surface area contributed by atoms with E-state index in [4.69, 9.17) is 0 Å². The minimum Gasteiger partial charge on any atom is -0.207 e. The van der Waals surface area contributed by atoms with Gasteiger partial charge < -0.3 is 0 Å². The van der Waals surface area contributed by atoms with Gasteiger partial charge in [0.15, 0.2) is 0 Å². The number of benzene rings is 1. The van der Waals surface area contributed by atoms with Gasteiger partial charge in [0.25, 0.3) is 0 Å². The quantitative estimate of drug-likeness (QED) is 0.711. The van der Waals surface area contributed by atoms with E-state index in [0.29, 0.717) is 0 Å². The lowest BCUT2D eigenvalue weighted by atomic mass is 10.2. The van der Waals surface area contributed by atoms with Crippen molar-refractivity contribution >= 4 is 26.5 Å². The molecule has 0 nitrogen and oxygen atoms in total. The van der Waals surface area contributed by atoms with Gasteiger partial charge >= 0.3 is 0 Å². The van der Waals surface area contributed by atoms with Crippen LogP contribution in [0, 0.1) is 12.7 Å². The summed E-state index contributed by atoms with van der Waals surface area (Å²) in [6.07, 6.45) is 0. The highest BCUT2D eigenvalue weighted by molar-refractivity contribution is 6.91. The molecule has 0 spiro atoms. The Morgan fingerprint density at radius 1 is 0.812 bits per heavy atom. The number of halogens is 1. The third-order valence-electron chi connectivity index (χ3n) is 2.83. The second-order valence-corrected chi connectivity index (χ2v) is 16.8. The molecule has 3 heteroatoms. The summed E-state index contributed by atoms with van der Waals surface area (Å²) in [5.41, 5.74) is 1.20. The normalized spacial score (nSPS) is 13.0. The molecule has 0 amide bonds. The highest BCUT2D eigenvalue weighted by Gasteiger charge is 2.28. The standard InChI is InChI=1S/C13H23FSi2/c1-10-8-11(15(2,3)4)13(14)12(9-10)16(5,6)7/h8-9H,1-7H3. The van der Waals surface area contributed by atoms with Gasteiger partial charge in [-0.3, -0.25) is 0 Å². The third-order valence-corrected chi connectivity index (χ3v) is 6.79. The molecule has 0 atom stereocenters. The average molecular weight is 254 g/mol. The zero-order valence-electron chi connectivity index (χ0n) is 11.5. The Morgan fingerprint density at radius 3 is 1.38 bits per heavy atom. The molecule has 16 heavy (non-hydrogen) atoms. The SMILES string of the molecule is Cc1cc([Si](C)(C)C)c(F)c([Si](C)(C)C)c1. The van der Waals surface area contributed by atoms with E-state index in [1.807, 2.05) is 12.1 Å². The van der Waals surface area contributed by atoms with Crippen molar-refractivity contribution < 1.29 is 4.39 Å². The van der Waals surface area contributed by atoms with Crippen LogP contribution in [-0.4, -0.2) is 16.1 Å². The summed E-state index contributed by atoms with van der Waals surface area (Å²) in [4.78, 5) is 0. The maximum absolute atomic E-state index is 14.5. The van der Waals surface area contributed by atoms with Crippen molar-refractivity contribution in [1.82, 2.24) is 0 Å². The van der Waals surface area contributed by atoms with E-state index >= 15 is 0 Å². The molecule has 0 radical (unpaired) electrons. The van der Waals surface area contributed by atoms with Crippen molar-refractivity contribution in [1.29, 1.82) is 0 Å². The fourth-order valence-electron chi connectivity index (χ4n) is 1.86. The molecular weight excluding hydrogens is 231 g/mol. The largest absolute Gasteiger partial charge is 0.207 e. The lowest BCUT2D eigenvalue weighted by Crippen LogP contribution is -2.49. The molecule has 0 heterocycles. The molecule has 0 saturated heterocycles. The van der Waals surface area contributed by atoms with Crippen LogP contribution < -0.4 is 10.4 Å². The highest BCUT2D eigenvalue weighted by atomic mass is 28.3. The van der Waals surface area contributed by atoms with Gasteiger partial charge in [-0.25, -0.2) is 4.39 Å². The van der Waals surface area contributed by atoms with E-state index < -0.39 is 16.1 Å². The van der Waals surface area contributed by atoms with E-state index in [1.165, 1.54) is 5.56 Å². The van der Waals surface area contributed by atoms with Crippen LogP contribution in [0.3, 0.4) is 0 Å². The first kappa shape index (κ1) is 13.6. The molecule has 90 valence electrons. The van der Waals surface area contributed by atoms with Crippen molar-refractivity contribution in [3.63, 3.8) is 0 Å². The molecule has 0 fully saturated rings. The first-order chi connectivity index (χ1) is 7.03. The molecule has 0 aromatic heterocycles. The van der Waals surface area contributed by atoms with E-state index in [9.17, 15) is 4.39 Å². The van der Waals surface area contributed by atoms with Crippen molar-refractivity contribution in [2.24, 2.45) is 0 Å². The Bertz CT molecular complexity index is 362. The van der Waals surface area contributed by atoms with E-state index in [-0.39, 0.29) is 5.82 Å². The molecule has 1 aromatic carbocycles. The summed E-state index contributed by atoms with van der Waals surface area (Å²) in [5.74, 6) is 0.0870. The van der Waals surface area contributed by atoms with Crippen LogP contribution in [0.2, 0.25) is 39.3 Å². The summed E-state index contributed by atoms with van der Waals surface area (Å²) in [7, 11) is -3.14. The Balaban J connectivity index is 3.51. The van der Waals surface area contributed by atoms with Gasteiger partial charge in [0.1, 0.15) is 5.82 Å². The maximum atomic E-state index is 14.5. The van der Waals surface area contributed by atoms with Gasteiger partial charge in [-0.15, -0.1) is 0 Å². The third kappa shape index (κ3) is 2.83. The Labute approximate surface area is 101 Å². The molecule has 0 aliphatic carbocycles. The van der Waals surface area contributed by atoms with Crippen molar-refractivity contribution in [2.45, 2.75) is 46.2 Å². The van der Waals surface area contributed by atoms with Crippen LogP contribution >= 0.6 is 0 Å². The molecule has 1 rings (SSSR count). The van der Waals surface area contributed by atoms with Crippen molar-refractivity contribution in [3.05, 3.63) is 23.5 Å². The van der Waals surface area contributed by atoms with E-state index in [2.05, 4.69) is 46.2 Å². The predicted octanol–water partition coefficient (Wildman–Crippen LogP) is 3.22. The molecule has 1 aromatic rings. The fourth-order valence-corrected chi connectivity index (χ4v) is 4.89. The zero-order valence-corrected chi connectivity index (χ0v) is 13.5. The fraction of sp³-hybridized carbons (Fsp3) is 0.538. The number of hydrogen-bond acceptors (Lipinski definition) is 0. The van der Waals surface area contributed by atoms with Crippen LogP contribution in [0.4, 0.5) is 4.39 Å². The van der Waals surface area contributed by atoms with Gasteiger partial charge in [0.2, 0.25) is 0 Å². The smallest absolute Gasteiger partial charge is 0.121 e. The second-order valence-electron chi connectivity index (χ2n) is 6.67. The summed E-state index contributed by atoms with van der Waals surface area (Å²) in [6, 6.07) is 4.09. The summed E-state index contributed by atoms with van der Waals surface area (Å²) >= 11 is 0. The molecule has 0 aliphatic heterocycles. The van der Waals surface area contributed by atoms with Crippen LogP contribution in [0.5, 0.6) is 0 Å². The Kier molecular flexibility index (Phi) is 3.51. The number of aryl methyl sites for hydroxylation is 1. The Morgan fingerprint density at radius 2 is 1.12 bits per heavy atom. The van der Waals surface area contributed by atoms with Gasteiger partial charge in [-0.2, -0.15) is 0 Å². The van der Waals surface area contributed by atoms with Gasteiger partial charge in [-0.05, 0) is 17.3 Å². The van der Waals surface area contributed by atoms with E-state index in [0.717, 1.165) is 10.4 Å². The van der Waals surface area contributed by atoms with Crippen LogP contribution in [-0.2, 0) is 0 Å².